The third-order valence-corrected chi connectivity index (χ3v) is 4.99. The van der Waals surface area contributed by atoms with Crippen LogP contribution in [0.1, 0.15) is 29.8 Å². The Kier molecular flexibility index (Phi) is 7.57. The van der Waals surface area contributed by atoms with E-state index >= 15 is 0 Å². The zero-order valence-corrected chi connectivity index (χ0v) is 17.3. The molecule has 0 radical (unpaired) electrons. The Morgan fingerprint density at radius 1 is 1.13 bits per heavy atom. The first-order valence-electron chi connectivity index (χ1n) is 10.1. The Bertz CT molecular complexity index is 952. The van der Waals surface area contributed by atoms with Crippen molar-refractivity contribution < 1.29 is 13.9 Å². The summed E-state index contributed by atoms with van der Waals surface area (Å²) in [5, 5.41) is 9.72. The zero-order chi connectivity index (χ0) is 21.3. The number of carbonyl (C=O) groups excluding carboxylic acids is 1. The summed E-state index contributed by atoms with van der Waals surface area (Å²) in [6.07, 6.45) is 1.47. The zero-order valence-electron chi connectivity index (χ0n) is 17.3. The lowest BCUT2D eigenvalue weighted by Crippen LogP contribution is -2.28. The van der Waals surface area contributed by atoms with Crippen molar-refractivity contribution >= 4 is 5.91 Å². The molecule has 0 unspecified atom stereocenters. The van der Waals surface area contributed by atoms with Gasteiger partial charge in [-0.05, 0) is 43.4 Å². The highest BCUT2D eigenvalue weighted by atomic mass is 19.1. The smallest absolute Gasteiger partial charge is 0.255 e. The van der Waals surface area contributed by atoms with E-state index in [1.54, 1.807) is 12.1 Å². The molecule has 7 heteroatoms. The minimum atomic E-state index is -0.332. The van der Waals surface area contributed by atoms with Crippen LogP contribution in [0.5, 0.6) is 5.75 Å². The molecule has 3 rings (SSSR count). The van der Waals surface area contributed by atoms with Gasteiger partial charge in [0, 0.05) is 24.2 Å². The van der Waals surface area contributed by atoms with Crippen LogP contribution in [0, 0.1) is 5.82 Å². The van der Waals surface area contributed by atoms with Gasteiger partial charge in [-0.2, -0.15) is 5.10 Å². The number of benzene rings is 2. The van der Waals surface area contributed by atoms with E-state index in [1.807, 2.05) is 24.3 Å². The van der Waals surface area contributed by atoms with Crippen molar-refractivity contribution in [3.05, 3.63) is 71.7 Å². The maximum Gasteiger partial charge on any atom is 0.255 e. The largest absolute Gasteiger partial charge is 0.492 e. The van der Waals surface area contributed by atoms with Gasteiger partial charge in [0.05, 0.1) is 17.5 Å². The summed E-state index contributed by atoms with van der Waals surface area (Å²) in [5.74, 6) is 0.166. The van der Waals surface area contributed by atoms with Crippen molar-refractivity contribution in [1.82, 2.24) is 20.4 Å². The SMILES string of the molecule is CCN(CC)CCOc1ccccc1CNC(=O)c1cn[nH]c1-c1ccc(F)cc1. The molecule has 0 bridgehead atoms. The van der Waals surface area contributed by atoms with Crippen molar-refractivity contribution in [1.29, 1.82) is 0 Å². The lowest BCUT2D eigenvalue weighted by Gasteiger charge is -2.19. The average molecular weight is 410 g/mol. The van der Waals surface area contributed by atoms with Crippen LogP contribution in [0.4, 0.5) is 4.39 Å². The molecule has 0 aliphatic heterocycles. The van der Waals surface area contributed by atoms with E-state index in [0.29, 0.717) is 30.0 Å². The molecule has 0 spiro atoms. The molecule has 3 aromatic rings. The van der Waals surface area contributed by atoms with Gasteiger partial charge in [0.25, 0.3) is 5.91 Å². The third kappa shape index (κ3) is 5.45. The van der Waals surface area contributed by atoms with Crippen LogP contribution in [0.3, 0.4) is 0 Å². The van der Waals surface area contributed by atoms with Crippen LogP contribution in [-0.4, -0.2) is 47.2 Å². The van der Waals surface area contributed by atoms with Crippen molar-refractivity contribution in [2.45, 2.75) is 20.4 Å². The molecule has 0 aliphatic rings. The fourth-order valence-electron chi connectivity index (χ4n) is 3.18. The first-order valence-corrected chi connectivity index (χ1v) is 10.1. The fourth-order valence-corrected chi connectivity index (χ4v) is 3.18. The molecule has 1 amide bonds. The molecule has 2 aromatic carbocycles. The van der Waals surface area contributed by atoms with Gasteiger partial charge < -0.3 is 15.0 Å². The summed E-state index contributed by atoms with van der Waals surface area (Å²) >= 11 is 0. The summed E-state index contributed by atoms with van der Waals surface area (Å²) in [5.41, 5.74) is 2.55. The molecule has 30 heavy (non-hydrogen) atoms. The fraction of sp³-hybridized carbons (Fsp3) is 0.304. The van der Waals surface area contributed by atoms with Crippen LogP contribution >= 0.6 is 0 Å². The van der Waals surface area contributed by atoms with Crippen molar-refractivity contribution in [3.63, 3.8) is 0 Å². The number of H-pyrrole nitrogens is 1. The highest BCUT2D eigenvalue weighted by molar-refractivity contribution is 5.99. The Labute approximate surface area is 176 Å². The van der Waals surface area contributed by atoms with Gasteiger partial charge in [-0.3, -0.25) is 9.89 Å². The van der Waals surface area contributed by atoms with Gasteiger partial charge in [-0.25, -0.2) is 4.39 Å². The molecule has 2 N–H and O–H groups in total. The Morgan fingerprint density at radius 2 is 1.87 bits per heavy atom. The quantitative estimate of drug-likeness (QED) is 0.532. The van der Waals surface area contributed by atoms with E-state index in [-0.39, 0.29) is 11.7 Å². The number of likely N-dealkylation sites (N-methyl/N-ethyl adjacent to an activating group) is 1. The maximum absolute atomic E-state index is 13.2. The van der Waals surface area contributed by atoms with Gasteiger partial charge in [0.2, 0.25) is 0 Å². The molecule has 0 aliphatic carbocycles. The number of hydrogen-bond acceptors (Lipinski definition) is 4. The predicted octanol–water partition coefficient (Wildman–Crippen LogP) is 3.87. The van der Waals surface area contributed by atoms with Gasteiger partial charge in [0.1, 0.15) is 18.2 Å². The van der Waals surface area contributed by atoms with Gasteiger partial charge in [-0.15, -0.1) is 0 Å². The van der Waals surface area contributed by atoms with Crippen molar-refractivity contribution in [2.75, 3.05) is 26.2 Å². The summed E-state index contributed by atoms with van der Waals surface area (Å²) in [6.45, 7) is 7.99. The molecule has 0 saturated heterocycles. The molecular formula is C23H27FN4O2. The van der Waals surface area contributed by atoms with E-state index < -0.39 is 0 Å². The summed E-state index contributed by atoms with van der Waals surface area (Å²) in [6, 6.07) is 13.6. The number of para-hydroxylation sites is 1. The third-order valence-electron chi connectivity index (χ3n) is 4.99. The number of halogens is 1. The number of carbonyl (C=O) groups is 1. The van der Waals surface area contributed by atoms with E-state index in [4.69, 9.17) is 4.74 Å². The number of nitrogens with one attached hydrogen (secondary N) is 2. The molecule has 6 nitrogen and oxygen atoms in total. The standard InChI is InChI=1S/C23H27FN4O2/c1-3-28(4-2)13-14-30-21-8-6-5-7-18(21)15-25-23(29)20-16-26-27-22(20)17-9-11-19(24)12-10-17/h5-12,16H,3-4,13-15H2,1-2H3,(H,25,29)(H,26,27). The number of nitrogens with zero attached hydrogens (tertiary/aromatic N) is 2. The molecule has 158 valence electrons. The number of rotatable bonds is 10. The Hall–Kier alpha value is -3.19. The Morgan fingerprint density at radius 3 is 2.60 bits per heavy atom. The molecule has 1 aromatic heterocycles. The second-order valence-corrected chi connectivity index (χ2v) is 6.83. The summed E-state index contributed by atoms with van der Waals surface area (Å²) < 4.78 is 19.1. The highest BCUT2D eigenvalue weighted by Crippen LogP contribution is 2.22. The number of aromatic nitrogens is 2. The van der Waals surface area contributed by atoms with Gasteiger partial charge >= 0.3 is 0 Å². The van der Waals surface area contributed by atoms with Crippen molar-refractivity contribution in [3.8, 4) is 17.0 Å². The number of aromatic amines is 1. The molecular weight excluding hydrogens is 383 g/mol. The molecule has 0 saturated carbocycles. The van der Waals surface area contributed by atoms with Crippen LogP contribution in [-0.2, 0) is 6.54 Å². The van der Waals surface area contributed by atoms with Crippen LogP contribution in [0.25, 0.3) is 11.3 Å². The summed E-state index contributed by atoms with van der Waals surface area (Å²) in [7, 11) is 0. The normalized spacial score (nSPS) is 10.9. The van der Waals surface area contributed by atoms with Gasteiger partial charge in [0.15, 0.2) is 0 Å². The van der Waals surface area contributed by atoms with Crippen LogP contribution in [0.2, 0.25) is 0 Å². The second kappa shape index (κ2) is 10.5. The first-order chi connectivity index (χ1) is 14.6. The monoisotopic (exact) mass is 410 g/mol. The van der Waals surface area contributed by atoms with E-state index in [9.17, 15) is 9.18 Å². The topological polar surface area (TPSA) is 70.2 Å². The second-order valence-electron chi connectivity index (χ2n) is 6.83. The lowest BCUT2D eigenvalue weighted by molar-refractivity contribution is 0.0951. The number of amides is 1. The highest BCUT2D eigenvalue weighted by Gasteiger charge is 2.16. The number of ether oxygens (including phenoxy) is 1. The van der Waals surface area contributed by atoms with E-state index in [1.165, 1.54) is 18.3 Å². The maximum atomic E-state index is 13.2. The minimum absolute atomic E-state index is 0.263. The number of hydrogen-bond donors (Lipinski definition) is 2. The molecule has 0 atom stereocenters. The van der Waals surface area contributed by atoms with E-state index in [2.05, 4.69) is 34.3 Å². The van der Waals surface area contributed by atoms with Crippen LogP contribution < -0.4 is 10.1 Å². The average Bonchev–Trinajstić information content (AvgIpc) is 3.26. The van der Waals surface area contributed by atoms with Crippen LogP contribution in [0.15, 0.2) is 54.7 Å². The summed E-state index contributed by atoms with van der Waals surface area (Å²) in [4.78, 5) is 15.0. The predicted molar refractivity (Wildman–Crippen MR) is 115 cm³/mol. The van der Waals surface area contributed by atoms with E-state index in [0.717, 1.165) is 30.9 Å². The lowest BCUT2D eigenvalue weighted by atomic mass is 10.1. The Balaban J connectivity index is 1.63. The molecule has 0 fully saturated rings. The first kappa shape index (κ1) is 21.5. The van der Waals surface area contributed by atoms with Gasteiger partial charge in [-0.1, -0.05) is 32.0 Å². The minimum Gasteiger partial charge on any atom is -0.492 e. The van der Waals surface area contributed by atoms with Crippen molar-refractivity contribution in [2.24, 2.45) is 0 Å². The molecule has 1 heterocycles.